The molecule has 116 valence electrons. The van der Waals surface area contributed by atoms with Crippen molar-refractivity contribution in [2.75, 3.05) is 33.2 Å². The van der Waals surface area contributed by atoms with Gasteiger partial charge < -0.3 is 15.5 Å². The second-order valence-corrected chi connectivity index (χ2v) is 5.73. The van der Waals surface area contributed by atoms with Crippen LogP contribution in [-0.2, 0) is 9.59 Å². The Labute approximate surface area is 122 Å². The largest absolute Gasteiger partial charge is 0.342 e. The summed E-state index contributed by atoms with van der Waals surface area (Å²) >= 11 is 0. The van der Waals surface area contributed by atoms with Crippen LogP contribution in [0.1, 0.15) is 39.5 Å². The third kappa shape index (κ3) is 4.47. The number of hydrogen-bond donors (Lipinski definition) is 1. The van der Waals surface area contributed by atoms with Crippen molar-refractivity contribution < 1.29 is 9.59 Å². The number of carbonyl (C=O) groups excluding carboxylic acids is 2. The Morgan fingerprint density at radius 3 is 2.40 bits per heavy atom. The third-order valence-electron chi connectivity index (χ3n) is 4.33. The van der Waals surface area contributed by atoms with E-state index in [-0.39, 0.29) is 24.3 Å². The van der Waals surface area contributed by atoms with Gasteiger partial charge in [-0.2, -0.15) is 0 Å². The number of hydrogen-bond acceptors (Lipinski definition) is 3. The van der Waals surface area contributed by atoms with Crippen LogP contribution < -0.4 is 5.73 Å². The molecule has 0 bridgehead atoms. The van der Waals surface area contributed by atoms with Crippen LogP contribution in [0.5, 0.6) is 0 Å². The third-order valence-corrected chi connectivity index (χ3v) is 4.33. The van der Waals surface area contributed by atoms with Gasteiger partial charge in [0.1, 0.15) is 0 Å². The van der Waals surface area contributed by atoms with Crippen molar-refractivity contribution in [3.63, 3.8) is 0 Å². The van der Waals surface area contributed by atoms with E-state index >= 15 is 0 Å². The standard InChI is InChI=1S/C15H29N3O2/c1-4-18(5-2)14(19)11-17(3)15(20)13-8-6-7-12(9-13)10-16/h12-13H,4-11,16H2,1-3H3. The van der Waals surface area contributed by atoms with E-state index in [1.54, 1.807) is 16.8 Å². The quantitative estimate of drug-likeness (QED) is 0.793. The molecule has 1 saturated carbocycles. The average Bonchev–Trinajstić information content (AvgIpc) is 2.47. The lowest BCUT2D eigenvalue weighted by molar-refractivity contribution is -0.142. The van der Waals surface area contributed by atoms with Crippen LogP contribution in [0.3, 0.4) is 0 Å². The minimum atomic E-state index is 0.0250. The van der Waals surface area contributed by atoms with E-state index in [1.807, 2.05) is 13.8 Å². The van der Waals surface area contributed by atoms with Crippen molar-refractivity contribution in [1.82, 2.24) is 9.80 Å². The minimum absolute atomic E-state index is 0.0250. The van der Waals surface area contributed by atoms with Gasteiger partial charge in [-0.15, -0.1) is 0 Å². The summed E-state index contributed by atoms with van der Waals surface area (Å²) in [5.74, 6) is 0.636. The number of carbonyl (C=O) groups is 2. The highest BCUT2D eigenvalue weighted by atomic mass is 16.2. The van der Waals surface area contributed by atoms with Crippen molar-refractivity contribution in [3.8, 4) is 0 Å². The van der Waals surface area contributed by atoms with Crippen LogP contribution in [0.15, 0.2) is 0 Å². The topological polar surface area (TPSA) is 66.6 Å². The van der Waals surface area contributed by atoms with Crippen molar-refractivity contribution in [2.45, 2.75) is 39.5 Å². The second kappa shape index (κ2) is 8.25. The summed E-state index contributed by atoms with van der Waals surface area (Å²) in [7, 11) is 1.73. The second-order valence-electron chi connectivity index (χ2n) is 5.73. The van der Waals surface area contributed by atoms with Gasteiger partial charge >= 0.3 is 0 Å². The summed E-state index contributed by atoms with van der Waals surface area (Å²) in [5.41, 5.74) is 5.71. The van der Waals surface area contributed by atoms with Crippen LogP contribution in [0, 0.1) is 11.8 Å². The summed E-state index contributed by atoms with van der Waals surface area (Å²) in [6.07, 6.45) is 4.00. The molecule has 2 unspecified atom stereocenters. The predicted octanol–water partition coefficient (Wildman–Crippen LogP) is 1.08. The van der Waals surface area contributed by atoms with E-state index in [0.717, 1.165) is 25.7 Å². The molecule has 0 spiro atoms. The van der Waals surface area contributed by atoms with Gasteiger partial charge in [-0.3, -0.25) is 9.59 Å². The molecule has 0 aromatic carbocycles. The molecule has 0 aromatic heterocycles. The molecule has 0 aromatic rings. The molecule has 5 heteroatoms. The molecule has 20 heavy (non-hydrogen) atoms. The molecule has 1 fully saturated rings. The van der Waals surface area contributed by atoms with Crippen LogP contribution >= 0.6 is 0 Å². The van der Waals surface area contributed by atoms with Gasteiger partial charge in [-0.05, 0) is 45.6 Å². The maximum absolute atomic E-state index is 12.4. The fraction of sp³-hybridized carbons (Fsp3) is 0.867. The maximum atomic E-state index is 12.4. The predicted molar refractivity (Wildman–Crippen MR) is 80.1 cm³/mol. The van der Waals surface area contributed by atoms with Gasteiger partial charge in [-0.1, -0.05) is 6.42 Å². The first kappa shape index (κ1) is 17.0. The van der Waals surface area contributed by atoms with E-state index in [2.05, 4.69) is 0 Å². The number of nitrogens with two attached hydrogens (primary N) is 1. The Bertz CT molecular complexity index is 329. The zero-order valence-electron chi connectivity index (χ0n) is 13.1. The van der Waals surface area contributed by atoms with Gasteiger partial charge in [0.2, 0.25) is 11.8 Å². The highest BCUT2D eigenvalue weighted by Crippen LogP contribution is 2.29. The Kier molecular flexibility index (Phi) is 6.99. The SMILES string of the molecule is CCN(CC)C(=O)CN(C)C(=O)C1CCCC(CN)C1. The van der Waals surface area contributed by atoms with Gasteiger partial charge in [-0.25, -0.2) is 0 Å². The van der Waals surface area contributed by atoms with Gasteiger partial charge in [0.15, 0.2) is 0 Å². The molecule has 1 aliphatic carbocycles. The summed E-state index contributed by atoms with van der Waals surface area (Å²) in [4.78, 5) is 27.8. The van der Waals surface area contributed by atoms with E-state index in [0.29, 0.717) is 25.6 Å². The summed E-state index contributed by atoms with van der Waals surface area (Å²) in [6.45, 7) is 6.13. The molecule has 2 N–H and O–H groups in total. The van der Waals surface area contributed by atoms with E-state index in [1.165, 1.54) is 0 Å². The molecule has 1 aliphatic rings. The zero-order chi connectivity index (χ0) is 15.1. The van der Waals surface area contributed by atoms with Crippen molar-refractivity contribution in [2.24, 2.45) is 17.6 Å². The molecule has 2 atom stereocenters. The lowest BCUT2D eigenvalue weighted by Gasteiger charge is -2.31. The first-order valence-electron chi connectivity index (χ1n) is 7.76. The van der Waals surface area contributed by atoms with Crippen LogP contribution in [0.4, 0.5) is 0 Å². The Morgan fingerprint density at radius 2 is 1.85 bits per heavy atom. The molecule has 0 aliphatic heterocycles. The van der Waals surface area contributed by atoms with Crippen molar-refractivity contribution >= 4 is 11.8 Å². The molecule has 5 nitrogen and oxygen atoms in total. The van der Waals surface area contributed by atoms with E-state index in [4.69, 9.17) is 5.73 Å². The van der Waals surface area contributed by atoms with Crippen LogP contribution in [-0.4, -0.2) is 54.8 Å². The van der Waals surface area contributed by atoms with Crippen molar-refractivity contribution in [3.05, 3.63) is 0 Å². The average molecular weight is 283 g/mol. The summed E-state index contributed by atoms with van der Waals surface area (Å²) in [5, 5.41) is 0. The number of likely N-dealkylation sites (N-methyl/N-ethyl adjacent to an activating group) is 2. The fourth-order valence-corrected chi connectivity index (χ4v) is 3.00. The van der Waals surface area contributed by atoms with E-state index in [9.17, 15) is 9.59 Å². The van der Waals surface area contributed by atoms with E-state index < -0.39 is 0 Å². The highest BCUT2D eigenvalue weighted by molar-refractivity contribution is 5.85. The van der Waals surface area contributed by atoms with Gasteiger partial charge in [0, 0.05) is 26.1 Å². The number of rotatable bonds is 6. The molecule has 2 amide bonds. The first-order valence-corrected chi connectivity index (χ1v) is 7.76. The molecule has 1 rings (SSSR count). The zero-order valence-corrected chi connectivity index (χ0v) is 13.1. The Balaban J connectivity index is 2.51. The summed E-state index contributed by atoms with van der Waals surface area (Å²) in [6, 6.07) is 0. The molecular formula is C15H29N3O2. The molecular weight excluding hydrogens is 254 g/mol. The number of nitrogens with zero attached hydrogens (tertiary/aromatic N) is 2. The monoisotopic (exact) mass is 283 g/mol. The lowest BCUT2D eigenvalue weighted by atomic mass is 9.81. The van der Waals surface area contributed by atoms with Crippen LogP contribution in [0.25, 0.3) is 0 Å². The lowest BCUT2D eigenvalue weighted by Crippen LogP contribution is -2.44. The summed E-state index contributed by atoms with van der Waals surface area (Å²) < 4.78 is 0. The molecule has 0 saturated heterocycles. The first-order chi connectivity index (χ1) is 9.53. The number of amides is 2. The highest BCUT2D eigenvalue weighted by Gasteiger charge is 2.29. The molecule has 0 heterocycles. The molecule has 0 radical (unpaired) electrons. The van der Waals surface area contributed by atoms with Crippen LogP contribution in [0.2, 0.25) is 0 Å². The fourth-order valence-electron chi connectivity index (χ4n) is 3.00. The maximum Gasteiger partial charge on any atom is 0.242 e. The Hall–Kier alpha value is -1.10. The van der Waals surface area contributed by atoms with Gasteiger partial charge in [0.25, 0.3) is 0 Å². The van der Waals surface area contributed by atoms with Gasteiger partial charge in [0.05, 0.1) is 6.54 Å². The minimum Gasteiger partial charge on any atom is -0.342 e. The Morgan fingerprint density at radius 1 is 1.20 bits per heavy atom. The smallest absolute Gasteiger partial charge is 0.242 e. The van der Waals surface area contributed by atoms with Crippen molar-refractivity contribution in [1.29, 1.82) is 0 Å². The normalized spacial score (nSPS) is 22.4.